The summed E-state index contributed by atoms with van der Waals surface area (Å²) in [5.41, 5.74) is 0. The molecule has 0 amide bonds. The maximum atomic E-state index is 9.70. The minimum absolute atomic E-state index is 0.238. The summed E-state index contributed by atoms with van der Waals surface area (Å²) in [6.07, 6.45) is 2.54. The van der Waals surface area contributed by atoms with Crippen LogP contribution in [-0.2, 0) is 4.74 Å². The van der Waals surface area contributed by atoms with Crippen molar-refractivity contribution in [1.29, 1.82) is 0 Å². The lowest BCUT2D eigenvalue weighted by Gasteiger charge is -2.33. The average Bonchev–Trinajstić information content (AvgIpc) is 2.12. The number of ether oxygens (including phenoxy) is 1. The molecule has 0 saturated carbocycles. The van der Waals surface area contributed by atoms with Crippen LogP contribution >= 0.6 is 0 Å². The van der Waals surface area contributed by atoms with Gasteiger partial charge in [-0.05, 0) is 32.6 Å². The van der Waals surface area contributed by atoms with Gasteiger partial charge in [-0.15, -0.1) is 0 Å². The fraction of sp³-hybridized carbons (Fsp3) is 1.00. The highest BCUT2D eigenvalue weighted by Gasteiger charge is 2.24. The van der Waals surface area contributed by atoms with Crippen LogP contribution in [0.3, 0.4) is 0 Å². The van der Waals surface area contributed by atoms with E-state index in [0.29, 0.717) is 30.7 Å². The maximum absolute atomic E-state index is 9.70. The SMILES string of the molecule is CC1CC(NCC(O)C(C)C)CC(C)O1. The molecule has 1 saturated heterocycles. The van der Waals surface area contributed by atoms with Crippen LogP contribution in [-0.4, -0.2) is 36.0 Å². The van der Waals surface area contributed by atoms with Crippen molar-refractivity contribution in [2.75, 3.05) is 6.54 Å². The van der Waals surface area contributed by atoms with Crippen LogP contribution in [0.1, 0.15) is 40.5 Å². The Kier molecular flexibility index (Phi) is 5.03. The molecular weight excluding hydrogens is 190 g/mol. The van der Waals surface area contributed by atoms with E-state index in [-0.39, 0.29) is 6.10 Å². The fourth-order valence-electron chi connectivity index (χ4n) is 2.10. The third-order valence-electron chi connectivity index (χ3n) is 3.08. The summed E-state index contributed by atoms with van der Waals surface area (Å²) in [7, 11) is 0. The summed E-state index contributed by atoms with van der Waals surface area (Å²) in [5.74, 6) is 0.326. The van der Waals surface area contributed by atoms with Gasteiger partial charge < -0.3 is 15.2 Å². The third kappa shape index (κ3) is 4.49. The third-order valence-corrected chi connectivity index (χ3v) is 3.08. The van der Waals surface area contributed by atoms with Crippen molar-refractivity contribution in [1.82, 2.24) is 5.32 Å². The molecule has 1 rings (SSSR count). The molecule has 3 nitrogen and oxygen atoms in total. The van der Waals surface area contributed by atoms with Gasteiger partial charge in [-0.3, -0.25) is 0 Å². The molecule has 1 aliphatic heterocycles. The van der Waals surface area contributed by atoms with E-state index in [1.807, 2.05) is 13.8 Å². The summed E-state index contributed by atoms with van der Waals surface area (Å²) >= 11 is 0. The molecule has 0 aromatic rings. The smallest absolute Gasteiger partial charge is 0.0687 e. The Balaban J connectivity index is 2.26. The van der Waals surface area contributed by atoms with Crippen molar-refractivity contribution in [3.05, 3.63) is 0 Å². The lowest BCUT2D eigenvalue weighted by atomic mass is 9.99. The predicted octanol–water partition coefficient (Wildman–Crippen LogP) is 1.55. The molecule has 0 bridgehead atoms. The van der Waals surface area contributed by atoms with Gasteiger partial charge in [0.2, 0.25) is 0 Å². The Morgan fingerprint density at radius 1 is 1.27 bits per heavy atom. The van der Waals surface area contributed by atoms with E-state index in [2.05, 4.69) is 19.2 Å². The molecule has 1 fully saturated rings. The molecule has 15 heavy (non-hydrogen) atoms. The van der Waals surface area contributed by atoms with Gasteiger partial charge in [-0.1, -0.05) is 13.8 Å². The number of hydrogen-bond donors (Lipinski definition) is 2. The van der Waals surface area contributed by atoms with Gasteiger partial charge >= 0.3 is 0 Å². The van der Waals surface area contributed by atoms with Gasteiger partial charge in [-0.25, -0.2) is 0 Å². The molecule has 2 N–H and O–H groups in total. The second-order valence-corrected chi connectivity index (χ2v) is 5.15. The molecule has 0 spiro atoms. The van der Waals surface area contributed by atoms with Gasteiger partial charge in [0, 0.05) is 12.6 Å². The monoisotopic (exact) mass is 215 g/mol. The predicted molar refractivity (Wildman–Crippen MR) is 61.9 cm³/mol. The Hall–Kier alpha value is -0.120. The van der Waals surface area contributed by atoms with Crippen LogP contribution in [0.4, 0.5) is 0 Å². The molecule has 0 aliphatic carbocycles. The average molecular weight is 215 g/mol. The standard InChI is InChI=1S/C12H25NO2/c1-8(2)12(14)7-13-11-5-9(3)15-10(4)6-11/h8-14H,5-7H2,1-4H3. The first kappa shape index (κ1) is 12.9. The molecule has 1 aliphatic rings. The highest BCUT2D eigenvalue weighted by molar-refractivity contribution is 4.79. The van der Waals surface area contributed by atoms with Gasteiger partial charge in [0.15, 0.2) is 0 Å². The summed E-state index contributed by atoms with van der Waals surface area (Å²) in [6, 6.07) is 0.497. The Bertz CT molecular complexity index is 174. The van der Waals surface area contributed by atoms with Crippen molar-refractivity contribution in [3.63, 3.8) is 0 Å². The zero-order valence-electron chi connectivity index (χ0n) is 10.4. The van der Waals surface area contributed by atoms with Crippen LogP contribution < -0.4 is 5.32 Å². The van der Waals surface area contributed by atoms with Gasteiger partial charge in [0.1, 0.15) is 0 Å². The van der Waals surface area contributed by atoms with Crippen molar-refractivity contribution < 1.29 is 9.84 Å². The molecule has 3 heteroatoms. The quantitative estimate of drug-likeness (QED) is 0.747. The number of aliphatic hydroxyl groups is 1. The topological polar surface area (TPSA) is 41.5 Å². The van der Waals surface area contributed by atoms with E-state index in [1.54, 1.807) is 0 Å². The van der Waals surface area contributed by atoms with Gasteiger partial charge in [-0.2, -0.15) is 0 Å². The number of rotatable bonds is 4. The fourth-order valence-corrected chi connectivity index (χ4v) is 2.10. The summed E-state index contributed by atoms with van der Waals surface area (Å²) in [6.45, 7) is 9.01. The summed E-state index contributed by atoms with van der Waals surface area (Å²) in [5, 5.41) is 13.1. The normalized spacial score (nSPS) is 34.4. The van der Waals surface area contributed by atoms with Crippen molar-refractivity contribution in [2.24, 2.45) is 5.92 Å². The highest BCUT2D eigenvalue weighted by Crippen LogP contribution is 2.19. The Morgan fingerprint density at radius 3 is 2.27 bits per heavy atom. The Morgan fingerprint density at radius 2 is 1.80 bits per heavy atom. The second kappa shape index (κ2) is 5.83. The summed E-state index contributed by atoms with van der Waals surface area (Å²) in [4.78, 5) is 0. The first-order valence-corrected chi connectivity index (χ1v) is 6.06. The van der Waals surface area contributed by atoms with Crippen LogP contribution in [0.2, 0.25) is 0 Å². The lowest BCUT2D eigenvalue weighted by molar-refractivity contribution is -0.0438. The van der Waals surface area contributed by atoms with E-state index in [9.17, 15) is 5.11 Å². The minimum Gasteiger partial charge on any atom is -0.392 e. The van der Waals surface area contributed by atoms with Gasteiger partial charge in [0.05, 0.1) is 18.3 Å². The molecule has 90 valence electrons. The van der Waals surface area contributed by atoms with Crippen LogP contribution in [0.15, 0.2) is 0 Å². The molecule has 3 atom stereocenters. The van der Waals surface area contributed by atoms with Crippen LogP contribution in [0, 0.1) is 5.92 Å². The minimum atomic E-state index is -0.238. The van der Waals surface area contributed by atoms with Crippen molar-refractivity contribution in [3.8, 4) is 0 Å². The largest absolute Gasteiger partial charge is 0.392 e. The first-order valence-electron chi connectivity index (χ1n) is 6.06. The van der Waals surface area contributed by atoms with E-state index < -0.39 is 0 Å². The summed E-state index contributed by atoms with van der Waals surface area (Å²) < 4.78 is 5.67. The first-order chi connectivity index (χ1) is 6.99. The lowest BCUT2D eigenvalue weighted by Crippen LogP contribution is -2.44. The maximum Gasteiger partial charge on any atom is 0.0687 e. The molecular formula is C12H25NO2. The molecule has 1 heterocycles. The zero-order valence-corrected chi connectivity index (χ0v) is 10.4. The number of aliphatic hydroxyl groups excluding tert-OH is 1. The highest BCUT2D eigenvalue weighted by atomic mass is 16.5. The Labute approximate surface area is 93.2 Å². The number of hydrogen-bond acceptors (Lipinski definition) is 3. The molecule has 0 radical (unpaired) electrons. The van der Waals surface area contributed by atoms with Crippen LogP contribution in [0.5, 0.6) is 0 Å². The van der Waals surface area contributed by atoms with Crippen molar-refractivity contribution >= 4 is 0 Å². The molecule has 0 aromatic heterocycles. The van der Waals surface area contributed by atoms with Gasteiger partial charge in [0.25, 0.3) is 0 Å². The van der Waals surface area contributed by atoms with Crippen LogP contribution in [0.25, 0.3) is 0 Å². The van der Waals surface area contributed by atoms with E-state index >= 15 is 0 Å². The van der Waals surface area contributed by atoms with E-state index in [0.717, 1.165) is 12.8 Å². The second-order valence-electron chi connectivity index (χ2n) is 5.15. The van der Waals surface area contributed by atoms with Crippen molar-refractivity contribution in [2.45, 2.75) is 64.9 Å². The van der Waals surface area contributed by atoms with E-state index in [4.69, 9.17) is 4.74 Å². The number of nitrogens with one attached hydrogen (secondary N) is 1. The molecule has 0 aromatic carbocycles. The zero-order chi connectivity index (χ0) is 11.4. The van der Waals surface area contributed by atoms with E-state index in [1.165, 1.54) is 0 Å². The molecule has 3 unspecified atom stereocenters.